The summed E-state index contributed by atoms with van der Waals surface area (Å²) in [5, 5.41) is 0. The number of rotatable bonds is 13. The third-order valence-corrected chi connectivity index (χ3v) is 11.9. The van der Waals surface area contributed by atoms with E-state index >= 15 is 0 Å². The van der Waals surface area contributed by atoms with Gasteiger partial charge in [-0.25, -0.2) is 9.98 Å². The van der Waals surface area contributed by atoms with E-state index in [1.807, 2.05) is 23.5 Å². The molecule has 54 heavy (non-hydrogen) atoms. The minimum Gasteiger partial charge on any atom is -0.459 e. The Hall–Kier alpha value is -5.04. The fourth-order valence-corrected chi connectivity index (χ4v) is 9.01. The van der Waals surface area contributed by atoms with Crippen molar-refractivity contribution in [2.45, 2.75) is 36.1 Å². The smallest absolute Gasteiger partial charge is 0.218 e. The molecule has 6 aromatic rings. The van der Waals surface area contributed by atoms with Gasteiger partial charge >= 0.3 is 0 Å². The summed E-state index contributed by atoms with van der Waals surface area (Å²) in [6.45, 7) is 0. The Labute approximate surface area is 327 Å². The van der Waals surface area contributed by atoms with E-state index in [0.29, 0.717) is 11.8 Å². The Bertz CT molecular complexity index is 1990. The van der Waals surface area contributed by atoms with Crippen molar-refractivity contribution >= 4 is 35.3 Å². The number of ether oxygens (including phenoxy) is 2. The van der Waals surface area contributed by atoms with E-state index in [-0.39, 0.29) is 12.1 Å². The highest BCUT2D eigenvalue weighted by Crippen LogP contribution is 2.48. The van der Waals surface area contributed by atoms with Crippen LogP contribution in [0.5, 0.6) is 0 Å². The van der Waals surface area contributed by atoms with Crippen molar-refractivity contribution in [3.8, 4) is 11.1 Å². The number of thioether (sulfide) groups is 2. The van der Waals surface area contributed by atoms with E-state index in [0.717, 1.165) is 68.9 Å². The van der Waals surface area contributed by atoms with Crippen LogP contribution >= 0.6 is 23.5 Å². The second-order valence-corrected chi connectivity index (χ2v) is 15.7. The normalized spacial score (nSPS) is 18.3. The summed E-state index contributed by atoms with van der Waals surface area (Å²) < 4.78 is 14.7. The SMILES string of the molecule is CSCC[C@@H]1N=C(c2ccccc2-c2ccccc2C2=N[C@@H](CCSC)C(c3ccccc3)(c3ccccc3)O2)OC1(c1ccccc1)c1ccccc1. The zero-order chi connectivity index (χ0) is 36.8. The van der Waals surface area contributed by atoms with Gasteiger partial charge in [-0.15, -0.1) is 0 Å². The molecule has 0 unspecified atom stereocenters. The van der Waals surface area contributed by atoms with Gasteiger partial charge in [0.25, 0.3) is 0 Å². The van der Waals surface area contributed by atoms with Crippen LogP contribution in [0.2, 0.25) is 0 Å². The predicted octanol–water partition coefficient (Wildman–Crippen LogP) is 11.0. The molecule has 2 atom stereocenters. The lowest BCUT2D eigenvalue weighted by atomic mass is 9.79. The standard InChI is InChI=1S/C48H44N2O2S2/c1-53-33-31-43-47(35-19-7-3-8-20-35,36-21-9-4-10-22-36)51-45(49-43)41-29-17-15-27-39(41)40-28-16-18-30-42(40)46-50-44(32-34-54-2)48(52-46,37-23-11-5-12-24-37)38-25-13-6-14-26-38/h3-30,43-44H,31-34H2,1-2H3/t43-,44-/m0/s1. The van der Waals surface area contributed by atoms with Crippen molar-refractivity contribution in [2.24, 2.45) is 9.98 Å². The first-order chi connectivity index (χ1) is 26.7. The molecule has 0 aromatic heterocycles. The summed E-state index contributed by atoms with van der Waals surface area (Å²) in [4.78, 5) is 11.0. The molecular formula is C48H44N2O2S2. The van der Waals surface area contributed by atoms with Gasteiger partial charge in [0.2, 0.25) is 11.8 Å². The number of nitrogens with zero attached hydrogens (tertiary/aromatic N) is 2. The van der Waals surface area contributed by atoms with Crippen LogP contribution in [-0.2, 0) is 20.7 Å². The lowest BCUT2D eigenvalue weighted by molar-refractivity contribution is 0.0967. The van der Waals surface area contributed by atoms with Crippen molar-refractivity contribution in [1.82, 2.24) is 0 Å². The highest BCUT2D eigenvalue weighted by molar-refractivity contribution is 7.98. The summed E-state index contributed by atoms with van der Waals surface area (Å²) in [5.41, 5.74) is 6.80. The van der Waals surface area contributed by atoms with Crippen LogP contribution in [0.4, 0.5) is 0 Å². The lowest BCUT2D eigenvalue weighted by Crippen LogP contribution is -2.39. The van der Waals surface area contributed by atoms with Crippen molar-refractivity contribution in [2.75, 3.05) is 24.0 Å². The highest BCUT2D eigenvalue weighted by atomic mass is 32.2. The van der Waals surface area contributed by atoms with Crippen molar-refractivity contribution < 1.29 is 9.47 Å². The predicted molar refractivity (Wildman–Crippen MR) is 228 cm³/mol. The summed E-state index contributed by atoms with van der Waals surface area (Å²) >= 11 is 3.68. The van der Waals surface area contributed by atoms with E-state index in [1.165, 1.54) is 0 Å². The molecule has 8 rings (SSSR count). The number of hydrogen-bond donors (Lipinski definition) is 0. The number of benzene rings is 6. The highest BCUT2D eigenvalue weighted by Gasteiger charge is 2.51. The summed E-state index contributed by atoms with van der Waals surface area (Å²) in [6.07, 6.45) is 6.05. The van der Waals surface area contributed by atoms with E-state index < -0.39 is 11.2 Å². The van der Waals surface area contributed by atoms with Crippen LogP contribution in [0.15, 0.2) is 180 Å². The fraction of sp³-hybridized carbons (Fsp3) is 0.208. The van der Waals surface area contributed by atoms with E-state index in [2.05, 4.69) is 182 Å². The van der Waals surface area contributed by atoms with Crippen LogP contribution < -0.4 is 0 Å². The number of aliphatic imine (C=N–C) groups is 2. The molecule has 0 saturated carbocycles. The second kappa shape index (κ2) is 16.1. The first-order valence-electron chi connectivity index (χ1n) is 18.6. The van der Waals surface area contributed by atoms with Gasteiger partial charge in [0.1, 0.15) is 12.1 Å². The Morgan fingerprint density at radius 2 is 0.685 bits per heavy atom. The molecule has 0 amide bonds. The van der Waals surface area contributed by atoms with Gasteiger partial charge in [-0.1, -0.05) is 158 Å². The molecule has 6 aromatic carbocycles. The van der Waals surface area contributed by atoms with E-state index in [9.17, 15) is 0 Å². The first kappa shape index (κ1) is 36.0. The third-order valence-electron chi connectivity index (χ3n) is 10.6. The Balaban J connectivity index is 1.25. The summed E-state index contributed by atoms with van der Waals surface area (Å²) in [7, 11) is 0. The maximum Gasteiger partial charge on any atom is 0.218 e. The minimum atomic E-state index is -0.770. The topological polar surface area (TPSA) is 43.2 Å². The zero-order valence-corrected chi connectivity index (χ0v) is 32.3. The van der Waals surface area contributed by atoms with Crippen LogP contribution in [0.25, 0.3) is 11.1 Å². The third kappa shape index (κ3) is 6.56. The van der Waals surface area contributed by atoms with Crippen molar-refractivity contribution in [3.05, 3.63) is 203 Å². The average Bonchev–Trinajstić information content (AvgIpc) is 3.84. The molecule has 0 N–H and O–H groups in total. The monoisotopic (exact) mass is 744 g/mol. The van der Waals surface area contributed by atoms with Crippen molar-refractivity contribution in [3.63, 3.8) is 0 Å². The molecule has 270 valence electrons. The Morgan fingerprint density at radius 1 is 0.407 bits per heavy atom. The average molecular weight is 745 g/mol. The van der Waals surface area contributed by atoms with Gasteiger partial charge in [-0.05, 0) is 60.1 Å². The molecule has 0 spiro atoms. The Kier molecular flexibility index (Phi) is 10.7. The summed E-state index contributed by atoms with van der Waals surface area (Å²) in [5.74, 6) is 3.23. The molecule has 4 nitrogen and oxygen atoms in total. The van der Waals surface area contributed by atoms with Crippen LogP contribution in [0.1, 0.15) is 46.2 Å². The Morgan fingerprint density at radius 3 is 0.981 bits per heavy atom. The molecule has 0 saturated heterocycles. The molecule has 2 aliphatic heterocycles. The van der Waals surface area contributed by atoms with Crippen LogP contribution in [0, 0.1) is 0 Å². The van der Waals surface area contributed by atoms with Crippen LogP contribution in [-0.4, -0.2) is 47.9 Å². The molecule has 2 heterocycles. The van der Waals surface area contributed by atoms with E-state index in [4.69, 9.17) is 19.5 Å². The maximum atomic E-state index is 7.33. The van der Waals surface area contributed by atoms with Gasteiger partial charge in [0, 0.05) is 33.4 Å². The fourth-order valence-electron chi connectivity index (χ4n) is 8.09. The van der Waals surface area contributed by atoms with E-state index in [1.54, 1.807) is 0 Å². The maximum absolute atomic E-state index is 7.33. The lowest BCUT2D eigenvalue weighted by Gasteiger charge is -2.35. The van der Waals surface area contributed by atoms with Gasteiger partial charge in [-0.3, -0.25) is 0 Å². The largest absolute Gasteiger partial charge is 0.459 e. The molecule has 0 bridgehead atoms. The molecule has 0 fully saturated rings. The molecule has 6 heteroatoms. The number of hydrogen-bond acceptors (Lipinski definition) is 6. The second-order valence-electron chi connectivity index (χ2n) is 13.7. The molecule has 2 aliphatic rings. The minimum absolute atomic E-state index is 0.120. The van der Waals surface area contributed by atoms with Crippen molar-refractivity contribution in [1.29, 1.82) is 0 Å². The molecule has 0 aliphatic carbocycles. The van der Waals surface area contributed by atoms with Gasteiger partial charge < -0.3 is 9.47 Å². The van der Waals surface area contributed by atoms with Gasteiger partial charge in [0.15, 0.2) is 11.2 Å². The van der Waals surface area contributed by atoms with Gasteiger partial charge in [0.05, 0.1) is 0 Å². The molecular weight excluding hydrogens is 701 g/mol. The first-order valence-corrected chi connectivity index (χ1v) is 21.4. The molecule has 0 radical (unpaired) electrons. The van der Waals surface area contributed by atoms with Crippen LogP contribution in [0.3, 0.4) is 0 Å². The zero-order valence-electron chi connectivity index (χ0n) is 30.7. The van der Waals surface area contributed by atoms with Gasteiger partial charge in [-0.2, -0.15) is 23.5 Å². The quantitative estimate of drug-likeness (QED) is 0.118. The summed E-state index contributed by atoms with van der Waals surface area (Å²) in [6, 6.07) is 59.1.